The molecule has 0 saturated carbocycles. The first-order valence-electron chi connectivity index (χ1n) is 6.08. The third kappa shape index (κ3) is 3.48. The zero-order valence-electron chi connectivity index (χ0n) is 10.8. The number of hydrogen-bond donors (Lipinski definition) is 2. The van der Waals surface area contributed by atoms with Crippen molar-refractivity contribution in [2.45, 2.75) is 6.10 Å². The van der Waals surface area contributed by atoms with Crippen LogP contribution in [-0.4, -0.2) is 11.7 Å². The molecule has 21 heavy (non-hydrogen) atoms. The van der Waals surface area contributed by atoms with Gasteiger partial charge in [0.2, 0.25) is 0 Å². The number of hydrogen-bond acceptors (Lipinski definition) is 3. The topological polar surface area (TPSA) is 56.0 Å². The molecule has 0 bridgehead atoms. The monoisotopic (exact) mass is 308 g/mol. The van der Waals surface area contributed by atoms with E-state index < -0.39 is 23.3 Å². The van der Waals surface area contributed by atoms with E-state index in [2.05, 4.69) is 5.32 Å². The van der Waals surface area contributed by atoms with Crippen molar-refractivity contribution < 1.29 is 13.9 Å². The average molecular weight is 309 g/mol. The molecular weight excluding hydrogens is 298 g/mol. The van der Waals surface area contributed by atoms with Crippen molar-refractivity contribution in [1.29, 1.82) is 5.26 Å². The molecule has 0 saturated heterocycles. The Morgan fingerprint density at radius 3 is 2.52 bits per heavy atom. The molecule has 0 radical (unpaired) electrons. The largest absolute Gasteiger partial charge is 0.386 e. The smallest absolute Gasteiger partial charge is 0.132 e. The van der Waals surface area contributed by atoms with Crippen LogP contribution in [0.5, 0.6) is 0 Å². The predicted molar refractivity (Wildman–Crippen MR) is 76.0 cm³/mol. The van der Waals surface area contributed by atoms with Gasteiger partial charge in [-0.3, -0.25) is 0 Å². The maximum atomic E-state index is 13.5. The minimum Gasteiger partial charge on any atom is -0.386 e. The fraction of sp³-hybridized carbons (Fsp3) is 0.133. The Morgan fingerprint density at radius 2 is 1.90 bits per heavy atom. The Bertz CT molecular complexity index is 680. The van der Waals surface area contributed by atoms with E-state index in [1.165, 1.54) is 12.1 Å². The van der Waals surface area contributed by atoms with Crippen molar-refractivity contribution in [3.8, 4) is 6.07 Å². The van der Waals surface area contributed by atoms with Crippen LogP contribution in [0.15, 0.2) is 36.4 Å². The molecule has 0 aliphatic rings. The standard InChI is InChI=1S/C15H11ClF2N2O/c16-10-4-5-13(9(6-10)7-19)20-8-14(21)15-11(17)2-1-3-12(15)18/h1-6,14,20-21H,8H2. The number of nitrogens with one attached hydrogen (secondary N) is 1. The summed E-state index contributed by atoms with van der Waals surface area (Å²) in [6.07, 6.45) is -1.38. The Labute approximate surface area is 125 Å². The Hall–Kier alpha value is -2.16. The maximum Gasteiger partial charge on any atom is 0.132 e. The van der Waals surface area contributed by atoms with Gasteiger partial charge in [0.25, 0.3) is 0 Å². The number of aliphatic hydroxyl groups excluding tert-OH is 1. The van der Waals surface area contributed by atoms with Crippen LogP contribution in [0.2, 0.25) is 5.02 Å². The van der Waals surface area contributed by atoms with Gasteiger partial charge in [-0.15, -0.1) is 0 Å². The van der Waals surface area contributed by atoms with Crippen LogP contribution in [0.4, 0.5) is 14.5 Å². The molecule has 2 aromatic carbocycles. The molecule has 0 fully saturated rings. The SMILES string of the molecule is N#Cc1cc(Cl)ccc1NCC(O)c1c(F)cccc1F. The van der Waals surface area contributed by atoms with Crippen LogP contribution in [0.25, 0.3) is 0 Å². The number of rotatable bonds is 4. The normalized spacial score (nSPS) is 11.8. The number of aliphatic hydroxyl groups is 1. The molecule has 1 unspecified atom stereocenters. The van der Waals surface area contributed by atoms with Crippen LogP contribution >= 0.6 is 11.6 Å². The van der Waals surface area contributed by atoms with E-state index in [4.69, 9.17) is 16.9 Å². The Morgan fingerprint density at radius 1 is 1.24 bits per heavy atom. The first kappa shape index (κ1) is 15.2. The lowest BCUT2D eigenvalue weighted by Crippen LogP contribution is -2.15. The lowest BCUT2D eigenvalue weighted by Gasteiger charge is -2.15. The fourth-order valence-electron chi connectivity index (χ4n) is 1.90. The van der Waals surface area contributed by atoms with Crippen LogP contribution in [0.3, 0.4) is 0 Å². The Balaban J connectivity index is 2.15. The molecule has 2 N–H and O–H groups in total. The van der Waals surface area contributed by atoms with E-state index in [-0.39, 0.29) is 12.1 Å². The van der Waals surface area contributed by atoms with Crippen molar-refractivity contribution in [1.82, 2.24) is 0 Å². The van der Waals surface area contributed by atoms with E-state index in [0.29, 0.717) is 10.7 Å². The molecule has 108 valence electrons. The third-order valence-corrected chi connectivity index (χ3v) is 3.16. The van der Waals surface area contributed by atoms with E-state index in [0.717, 1.165) is 12.1 Å². The molecule has 0 amide bonds. The summed E-state index contributed by atoms with van der Waals surface area (Å²) in [5.74, 6) is -1.64. The summed E-state index contributed by atoms with van der Waals surface area (Å²) < 4.78 is 27.1. The second-order valence-electron chi connectivity index (χ2n) is 4.33. The fourth-order valence-corrected chi connectivity index (χ4v) is 2.07. The van der Waals surface area contributed by atoms with E-state index >= 15 is 0 Å². The van der Waals surface area contributed by atoms with E-state index in [9.17, 15) is 13.9 Å². The summed E-state index contributed by atoms with van der Waals surface area (Å²) in [5, 5.41) is 22.1. The predicted octanol–water partition coefficient (Wildman–Crippen LogP) is 3.64. The molecule has 2 aromatic rings. The van der Waals surface area contributed by atoms with E-state index in [1.807, 2.05) is 6.07 Å². The van der Waals surface area contributed by atoms with Crippen molar-refractivity contribution in [3.63, 3.8) is 0 Å². The number of nitriles is 1. The van der Waals surface area contributed by atoms with Crippen molar-refractivity contribution in [2.24, 2.45) is 0 Å². The van der Waals surface area contributed by atoms with Gasteiger partial charge in [-0.1, -0.05) is 17.7 Å². The van der Waals surface area contributed by atoms with Gasteiger partial charge in [0.05, 0.1) is 16.8 Å². The van der Waals surface area contributed by atoms with Gasteiger partial charge in [0, 0.05) is 11.6 Å². The maximum absolute atomic E-state index is 13.5. The number of benzene rings is 2. The highest BCUT2D eigenvalue weighted by Crippen LogP contribution is 2.23. The lowest BCUT2D eigenvalue weighted by molar-refractivity contribution is 0.181. The Kier molecular flexibility index (Phi) is 4.73. The molecule has 0 spiro atoms. The van der Waals surface area contributed by atoms with Crippen molar-refractivity contribution in [3.05, 3.63) is 64.2 Å². The summed E-state index contributed by atoms with van der Waals surface area (Å²) in [4.78, 5) is 0. The third-order valence-electron chi connectivity index (χ3n) is 2.92. The number of halogens is 3. The second-order valence-corrected chi connectivity index (χ2v) is 4.77. The van der Waals surface area contributed by atoms with Crippen LogP contribution in [-0.2, 0) is 0 Å². The van der Waals surface area contributed by atoms with Gasteiger partial charge in [-0.05, 0) is 30.3 Å². The van der Waals surface area contributed by atoms with Gasteiger partial charge in [0.15, 0.2) is 0 Å². The quantitative estimate of drug-likeness (QED) is 0.906. The molecule has 3 nitrogen and oxygen atoms in total. The summed E-state index contributed by atoms with van der Waals surface area (Å²) in [6.45, 7) is -0.145. The molecule has 1 atom stereocenters. The lowest BCUT2D eigenvalue weighted by atomic mass is 10.1. The van der Waals surface area contributed by atoms with Crippen molar-refractivity contribution in [2.75, 3.05) is 11.9 Å². The zero-order valence-corrected chi connectivity index (χ0v) is 11.5. The van der Waals surface area contributed by atoms with Crippen LogP contribution in [0, 0.1) is 23.0 Å². The highest BCUT2D eigenvalue weighted by molar-refractivity contribution is 6.30. The number of nitrogens with zero attached hydrogens (tertiary/aromatic N) is 1. The minimum atomic E-state index is -1.38. The first-order valence-corrected chi connectivity index (χ1v) is 6.46. The molecule has 0 aliphatic heterocycles. The summed E-state index contributed by atoms with van der Waals surface area (Å²) in [5.41, 5.74) is 0.305. The zero-order chi connectivity index (χ0) is 15.4. The van der Waals surface area contributed by atoms with Gasteiger partial charge in [-0.2, -0.15) is 5.26 Å². The van der Waals surface area contributed by atoms with Crippen molar-refractivity contribution >= 4 is 17.3 Å². The molecule has 0 aromatic heterocycles. The highest BCUT2D eigenvalue weighted by atomic mass is 35.5. The van der Waals surface area contributed by atoms with Gasteiger partial charge >= 0.3 is 0 Å². The average Bonchev–Trinajstić information content (AvgIpc) is 2.45. The molecule has 0 aliphatic carbocycles. The summed E-state index contributed by atoms with van der Waals surface area (Å²) >= 11 is 5.77. The minimum absolute atomic E-state index is 0.145. The van der Waals surface area contributed by atoms with Gasteiger partial charge < -0.3 is 10.4 Å². The second kappa shape index (κ2) is 6.53. The van der Waals surface area contributed by atoms with Crippen LogP contribution in [0.1, 0.15) is 17.2 Å². The first-order chi connectivity index (χ1) is 10.0. The van der Waals surface area contributed by atoms with E-state index in [1.54, 1.807) is 12.1 Å². The molecule has 0 heterocycles. The van der Waals surface area contributed by atoms with Gasteiger partial charge in [0.1, 0.15) is 23.8 Å². The molecule has 6 heteroatoms. The highest BCUT2D eigenvalue weighted by Gasteiger charge is 2.17. The summed E-state index contributed by atoms with van der Waals surface area (Å²) in [7, 11) is 0. The van der Waals surface area contributed by atoms with Crippen LogP contribution < -0.4 is 5.32 Å². The summed E-state index contributed by atoms with van der Waals surface area (Å²) in [6, 6.07) is 9.91. The molecule has 2 rings (SSSR count). The number of anilines is 1. The molecular formula is C15H11ClF2N2O. The van der Waals surface area contributed by atoms with Gasteiger partial charge in [-0.25, -0.2) is 8.78 Å².